The van der Waals surface area contributed by atoms with Crippen LogP contribution in [0.25, 0.3) is 0 Å². The average Bonchev–Trinajstić information content (AvgIpc) is 3.60. The van der Waals surface area contributed by atoms with Crippen molar-refractivity contribution in [3.63, 3.8) is 0 Å². The molecular formula is C42H48N4O9Si. The molecule has 5 atom stereocenters. The molecule has 2 aliphatic heterocycles. The van der Waals surface area contributed by atoms with Crippen LogP contribution in [0.5, 0.6) is 5.75 Å². The van der Waals surface area contributed by atoms with Crippen molar-refractivity contribution in [2.75, 3.05) is 30.5 Å². The number of nitro groups is 1. The second-order valence-electron chi connectivity index (χ2n) is 15.1. The summed E-state index contributed by atoms with van der Waals surface area (Å²) in [6.45, 7) is 7.86. The van der Waals surface area contributed by atoms with E-state index >= 15 is 4.79 Å². The first-order valence-electron chi connectivity index (χ1n) is 18.6. The van der Waals surface area contributed by atoms with Crippen molar-refractivity contribution in [3.8, 4) is 5.75 Å². The van der Waals surface area contributed by atoms with Crippen molar-refractivity contribution in [2.24, 2.45) is 5.92 Å². The highest BCUT2D eigenvalue weighted by Gasteiger charge is 2.66. The van der Waals surface area contributed by atoms with E-state index in [1.54, 1.807) is 47.2 Å². The van der Waals surface area contributed by atoms with Crippen molar-refractivity contribution in [1.82, 2.24) is 4.90 Å². The zero-order chi connectivity index (χ0) is 40.4. The Kier molecular flexibility index (Phi) is 11.8. The van der Waals surface area contributed by atoms with Gasteiger partial charge in [-0.2, -0.15) is 0 Å². The van der Waals surface area contributed by atoms with E-state index in [1.165, 1.54) is 19.1 Å². The van der Waals surface area contributed by atoms with Crippen molar-refractivity contribution in [3.05, 3.63) is 124 Å². The number of benzene rings is 4. The van der Waals surface area contributed by atoms with Gasteiger partial charge in [-0.25, -0.2) is 0 Å². The van der Waals surface area contributed by atoms with Crippen LogP contribution in [0.2, 0.25) is 18.6 Å². The molecule has 1 fully saturated rings. The third-order valence-electron chi connectivity index (χ3n) is 11.3. The minimum atomic E-state index is -2.68. The van der Waals surface area contributed by atoms with E-state index in [-0.39, 0.29) is 49.8 Å². The molecule has 2 aliphatic rings. The lowest BCUT2D eigenvalue weighted by Crippen LogP contribution is -2.52. The number of methoxy groups -OCH3 is 1. The lowest BCUT2D eigenvalue weighted by molar-refractivity contribution is -0.385. The molecule has 0 saturated carbocycles. The molecule has 14 heteroatoms. The molecule has 4 aromatic rings. The van der Waals surface area contributed by atoms with Crippen LogP contribution in [0, 0.1) is 16.0 Å². The van der Waals surface area contributed by atoms with Crippen LogP contribution in [0.3, 0.4) is 0 Å². The van der Waals surface area contributed by atoms with Gasteiger partial charge in [0.2, 0.25) is 5.91 Å². The highest BCUT2D eigenvalue weighted by Crippen LogP contribution is 2.60. The number of fused-ring (bicyclic) bond motifs is 2. The summed E-state index contributed by atoms with van der Waals surface area (Å²) >= 11 is 0. The molecule has 0 radical (unpaired) electrons. The second-order valence-corrected chi connectivity index (χ2v) is 19.8. The average molecular weight is 781 g/mol. The van der Waals surface area contributed by atoms with Gasteiger partial charge in [0, 0.05) is 42.4 Å². The maximum absolute atomic E-state index is 15.2. The number of nitrogens with zero attached hydrogens (tertiary/aromatic N) is 3. The third kappa shape index (κ3) is 7.69. The SMILES string of the molecule is COc1ccc([Si](C)(C)[C@H]2[C@H](CC(=O)N(CCO)Cc3ccccc3)O[C@@]3(C(=O)N(Cc4cccc(NC(=O)[C@H](C)O)c4)c4ccc([N+](=O)[O-])cc43)[C@@H]2C)cc1. The topological polar surface area (TPSA) is 172 Å². The number of amides is 3. The van der Waals surface area contributed by atoms with Gasteiger partial charge in [-0.1, -0.05) is 79.8 Å². The highest BCUT2D eigenvalue weighted by molar-refractivity contribution is 6.91. The van der Waals surface area contributed by atoms with Crippen molar-refractivity contribution in [1.29, 1.82) is 0 Å². The number of non-ortho nitro benzene ring substituents is 1. The molecule has 6 rings (SSSR count). The summed E-state index contributed by atoms with van der Waals surface area (Å²) in [6, 6.07) is 28.5. The molecule has 13 nitrogen and oxygen atoms in total. The van der Waals surface area contributed by atoms with E-state index in [9.17, 15) is 29.9 Å². The number of hydrogen-bond acceptors (Lipinski definition) is 9. The minimum absolute atomic E-state index is 0.0504. The van der Waals surface area contributed by atoms with Crippen LogP contribution in [-0.4, -0.2) is 78.3 Å². The summed E-state index contributed by atoms with van der Waals surface area (Å²) in [5, 5.41) is 35.7. The Morgan fingerprint density at radius 2 is 1.73 bits per heavy atom. The number of carbonyl (C=O) groups excluding carboxylic acids is 3. The maximum Gasteiger partial charge on any atom is 0.269 e. The Hall–Kier alpha value is -5.41. The first kappa shape index (κ1) is 40.3. The Morgan fingerprint density at radius 3 is 2.38 bits per heavy atom. The Balaban J connectivity index is 1.44. The van der Waals surface area contributed by atoms with E-state index in [0.29, 0.717) is 28.3 Å². The van der Waals surface area contributed by atoms with E-state index in [1.807, 2.05) is 61.5 Å². The van der Waals surface area contributed by atoms with Gasteiger partial charge in [0.25, 0.3) is 17.5 Å². The number of aliphatic hydroxyl groups excluding tert-OH is 2. The fourth-order valence-corrected chi connectivity index (χ4v) is 12.5. The number of nitrogens with one attached hydrogen (secondary N) is 1. The van der Waals surface area contributed by atoms with Crippen LogP contribution < -0.4 is 20.1 Å². The minimum Gasteiger partial charge on any atom is -0.497 e. The van der Waals surface area contributed by atoms with Gasteiger partial charge in [-0.05, 0) is 53.9 Å². The zero-order valence-electron chi connectivity index (χ0n) is 32.2. The standard InChI is InChI=1S/C42H48N4O9Si/c1-27-39(56(4,5)34-17-15-33(54-3)16-18-34)37(24-38(49)44(20-21-47)25-29-10-7-6-8-11-29)55-42(27)35-23-32(46(52)53)14-19-36(35)45(41(42)51)26-30-12-9-13-31(22-30)43-40(50)28(2)48/h6-19,22-23,27-28,37,39,47-48H,20-21,24-26H2,1-5H3,(H,43,50)/t27-,28+,37+,39-,42+/m1/s1. The lowest BCUT2D eigenvalue weighted by atomic mass is 9.82. The number of anilines is 2. The molecule has 2 heterocycles. The van der Waals surface area contributed by atoms with Gasteiger partial charge >= 0.3 is 0 Å². The van der Waals surface area contributed by atoms with Gasteiger partial charge < -0.3 is 34.8 Å². The quantitative estimate of drug-likeness (QED) is 0.0895. The number of rotatable bonds is 14. The zero-order valence-corrected chi connectivity index (χ0v) is 33.2. The summed E-state index contributed by atoms with van der Waals surface area (Å²) in [5.74, 6) is -1.09. The van der Waals surface area contributed by atoms with E-state index in [2.05, 4.69) is 18.4 Å². The molecule has 3 amide bonds. The summed E-state index contributed by atoms with van der Waals surface area (Å²) in [5.41, 5.74) is 0.591. The molecule has 0 aromatic heterocycles. The lowest BCUT2D eigenvalue weighted by Gasteiger charge is -2.37. The Bertz CT molecular complexity index is 2100. The summed E-state index contributed by atoms with van der Waals surface area (Å²) in [7, 11) is -1.08. The molecule has 4 aromatic carbocycles. The van der Waals surface area contributed by atoms with Crippen LogP contribution in [0.4, 0.5) is 17.1 Å². The summed E-state index contributed by atoms with van der Waals surface area (Å²) in [4.78, 5) is 56.7. The first-order chi connectivity index (χ1) is 26.7. The van der Waals surface area contributed by atoms with Crippen molar-refractivity contribution in [2.45, 2.75) is 69.8 Å². The maximum atomic E-state index is 15.2. The van der Waals surface area contributed by atoms with E-state index in [0.717, 1.165) is 10.8 Å². The molecule has 56 heavy (non-hydrogen) atoms. The molecule has 0 aliphatic carbocycles. The Labute approximate surface area is 327 Å². The number of nitro benzene ring substituents is 1. The predicted octanol–water partition coefficient (Wildman–Crippen LogP) is 5.10. The van der Waals surface area contributed by atoms with Crippen molar-refractivity contribution >= 4 is 48.0 Å². The number of carbonyl (C=O) groups is 3. The van der Waals surface area contributed by atoms with E-state index in [4.69, 9.17) is 9.47 Å². The molecule has 0 bridgehead atoms. The molecule has 0 unspecified atom stereocenters. The van der Waals surface area contributed by atoms with Crippen LogP contribution >= 0.6 is 0 Å². The number of aliphatic hydroxyl groups is 2. The molecule has 3 N–H and O–H groups in total. The molecule has 1 saturated heterocycles. The van der Waals surface area contributed by atoms with Crippen molar-refractivity contribution < 1.29 is 39.0 Å². The normalized spacial score (nSPS) is 20.8. The highest BCUT2D eigenvalue weighted by atomic mass is 28.3. The van der Waals surface area contributed by atoms with Crippen LogP contribution in [0.1, 0.15) is 37.0 Å². The van der Waals surface area contributed by atoms with E-state index < -0.39 is 48.5 Å². The molecule has 294 valence electrons. The van der Waals surface area contributed by atoms with Gasteiger partial charge in [-0.15, -0.1) is 0 Å². The first-order valence-corrected chi connectivity index (χ1v) is 21.7. The predicted molar refractivity (Wildman–Crippen MR) is 214 cm³/mol. The summed E-state index contributed by atoms with van der Waals surface area (Å²) < 4.78 is 12.5. The van der Waals surface area contributed by atoms with Crippen LogP contribution in [0.15, 0.2) is 97.1 Å². The second kappa shape index (κ2) is 16.4. The fourth-order valence-electron chi connectivity index (χ4n) is 8.47. The third-order valence-corrected chi connectivity index (χ3v) is 15.6. The van der Waals surface area contributed by atoms with Gasteiger partial charge in [0.05, 0.1) is 51.5 Å². The largest absolute Gasteiger partial charge is 0.497 e. The smallest absolute Gasteiger partial charge is 0.269 e. The monoisotopic (exact) mass is 780 g/mol. The van der Waals surface area contributed by atoms with Gasteiger partial charge in [0.15, 0.2) is 5.60 Å². The summed E-state index contributed by atoms with van der Waals surface area (Å²) in [6.07, 6.45) is -2.08. The fraction of sp³-hybridized carbons (Fsp3) is 0.357. The number of hydrogen-bond donors (Lipinski definition) is 3. The van der Waals surface area contributed by atoms with Gasteiger partial charge in [0.1, 0.15) is 11.9 Å². The molecule has 1 spiro atoms. The van der Waals surface area contributed by atoms with Crippen LogP contribution in [-0.2, 0) is 37.8 Å². The molecular weight excluding hydrogens is 733 g/mol. The Morgan fingerprint density at radius 1 is 1.04 bits per heavy atom. The van der Waals surface area contributed by atoms with Gasteiger partial charge in [-0.3, -0.25) is 24.5 Å². The number of ether oxygens (including phenoxy) is 2.